The van der Waals surface area contributed by atoms with Crippen molar-refractivity contribution >= 4 is 23.2 Å². The minimum Gasteiger partial charge on any atom is -0.488 e. The average Bonchev–Trinajstić information content (AvgIpc) is 3.65. The zero-order valence-corrected chi connectivity index (χ0v) is 20.8. The summed E-state index contributed by atoms with van der Waals surface area (Å²) in [5.41, 5.74) is 1.05. The maximum absolute atomic E-state index is 14.2. The number of halogens is 1. The topological polar surface area (TPSA) is 59.1 Å². The first kappa shape index (κ1) is 24.3. The number of thiophene rings is 1. The molecule has 6 nitrogen and oxygen atoms in total. The van der Waals surface area contributed by atoms with Crippen molar-refractivity contribution in [1.82, 2.24) is 9.80 Å². The van der Waals surface area contributed by atoms with Gasteiger partial charge in [-0.1, -0.05) is 25.0 Å². The van der Waals surface area contributed by atoms with Crippen LogP contribution in [0.4, 0.5) is 4.39 Å². The van der Waals surface area contributed by atoms with Gasteiger partial charge in [-0.2, -0.15) is 0 Å². The Kier molecular flexibility index (Phi) is 7.68. The number of carbonyl (C=O) groups is 2. The Morgan fingerprint density at radius 2 is 1.97 bits per heavy atom. The molecule has 2 fully saturated rings. The van der Waals surface area contributed by atoms with E-state index >= 15 is 0 Å². The van der Waals surface area contributed by atoms with E-state index in [1.165, 1.54) is 10.9 Å². The van der Waals surface area contributed by atoms with Crippen LogP contribution < -0.4 is 4.74 Å². The highest BCUT2D eigenvalue weighted by atomic mass is 32.1. The molecule has 3 aliphatic rings. The standard InChI is InChI=1S/C27H33FN2O4S/c28-22-9-3-4-10-24(22)34-18-23-21-12-15-35-25(21)11-13-30(23)26(31)17-29(16-20-8-5-14-33-20)27(32)19-6-1-2-7-19/h3-4,9-10,12,15,19-20,23H,1-2,5-8,11,13-14,16-18H2. The SMILES string of the molecule is O=C(C1CCCC1)N(CC(=O)N1CCc2sccc2C1COc1ccccc1F)CC1CCCO1. The second kappa shape index (κ2) is 11.1. The summed E-state index contributed by atoms with van der Waals surface area (Å²) in [5.74, 6) is -0.239. The minimum absolute atomic E-state index is 0.00169. The number of hydrogen-bond donors (Lipinski definition) is 0. The maximum Gasteiger partial charge on any atom is 0.242 e. The molecule has 2 atom stereocenters. The van der Waals surface area contributed by atoms with E-state index in [9.17, 15) is 14.0 Å². The number of amides is 2. The molecule has 0 N–H and O–H groups in total. The van der Waals surface area contributed by atoms with Crippen LogP contribution in [0.2, 0.25) is 0 Å². The Morgan fingerprint density at radius 3 is 2.74 bits per heavy atom. The molecule has 188 valence electrons. The van der Waals surface area contributed by atoms with Crippen molar-refractivity contribution < 1.29 is 23.5 Å². The number of hydrogen-bond acceptors (Lipinski definition) is 5. The van der Waals surface area contributed by atoms with Gasteiger partial charge in [-0.3, -0.25) is 9.59 Å². The summed E-state index contributed by atoms with van der Waals surface area (Å²) in [7, 11) is 0. The fourth-order valence-corrected chi connectivity index (χ4v) is 6.48. The van der Waals surface area contributed by atoms with Crippen molar-refractivity contribution in [3.8, 4) is 5.75 Å². The molecule has 2 amide bonds. The summed E-state index contributed by atoms with van der Waals surface area (Å²) in [6.07, 6.45) is 6.62. The first-order valence-corrected chi connectivity index (χ1v) is 13.6. The molecule has 0 radical (unpaired) electrons. The number of ether oxygens (including phenoxy) is 2. The van der Waals surface area contributed by atoms with Crippen LogP contribution in [-0.4, -0.2) is 60.6 Å². The van der Waals surface area contributed by atoms with Gasteiger partial charge < -0.3 is 19.3 Å². The van der Waals surface area contributed by atoms with Crippen molar-refractivity contribution in [2.24, 2.45) is 5.92 Å². The Balaban J connectivity index is 1.32. The molecule has 1 saturated carbocycles. The third-order valence-electron chi connectivity index (χ3n) is 7.44. The Bertz CT molecular complexity index is 1030. The third kappa shape index (κ3) is 5.54. The summed E-state index contributed by atoms with van der Waals surface area (Å²) in [4.78, 5) is 31.9. The molecule has 35 heavy (non-hydrogen) atoms. The smallest absolute Gasteiger partial charge is 0.242 e. The number of carbonyl (C=O) groups excluding carboxylic acids is 2. The third-order valence-corrected chi connectivity index (χ3v) is 8.44. The molecule has 0 bridgehead atoms. The molecule has 1 aromatic heterocycles. The number of rotatable bonds is 8. The molecule has 1 saturated heterocycles. The van der Waals surface area contributed by atoms with Crippen LogP contribution in [0.3, 0.4) is 0 Å². The summed E-state index contributed by atoms with van der Waals surface area (Å²) >= 11 is 1.68. The largest absolute Gasteiger partial charge is 0.488 e. The van der Waals surface area contributed by atoms with Crippen LogP contribution in [0, 0.1) is 11.7 Å². The molecule has 0 spiro atoms. The van der Waals surface area contributed by atoms with Crippen LogP contribution in [0.25, 0.3) is 0 Å². The van der Waals surface area contributed by atoms with Gasteiger partial charge >= 0.3 is 0 Å². The normalized spacial score (nSPS) is 22.3. The Hall–Kier alpha value is -2.45. The van der Waals surface area contributed by atoms with Gasteiger partial charge in [0, 0.05) is 30.5 Å². The van der Waals surface area contributed by atoms with Gasteiger partial charge in [-0.25, -0.2) is 4.39 Å². The summed E-state index contributed by atoms with van der Waals surface area (Å²) in [6.45, 7) is 1.95. The van der Waals surface area contributed by atoms with Gasteiger partial charge in [0.15, 0.2) is 11.6 Å². The summed E-state index contributed by atoms with van der Waals surface area (Å²) in [6, 6.07) is 8.04. The van der Waals surface area contributed by atoms with Crippen molar-refractivity contribution in [3.05, 3.63) is 52.0 Å². The number of nitrogens with zero attached hydrogens (tertiary/aromatic N) is 2. The second-order valence-corrected chi connectivity index (χ2v) is 10.7. The fraction of sp³-hybridized carbons (Fsp3) is 0.556. The molecule has 2 aromatic rings. The van der Waals surface area contributed by atoms with Crippen molar-refractivity contribution in [2.45, 2.75) is 57.1 Å². The molecule has 3 heterocycles. The minimum atomic E-state index is -0.420. The summed E-state index contributed by atoms with van der Waals surface area (Å²) < 4.78 is 25.8. The van der Waals surface area contributed by atoms with E-state index in [4.69, 9.17) is 9.47 Å². The first-order valence-electron chi connectivity index (χ1n) is 12.7. The van der Waals surface area contributed by atoms with Gasteiger partial charge in [0.05, 0.1) is 18.7 Å². The number of fused-ring (bicyclic) bond motifs is 1. The molecule has 1 aliphatic carbocycles. The first-order chi connectivity index (χ1) is 17.1. The zero-order chi connectivity index (χ0) is 24.2. The van der Waals surface area contributed by atoms with Crippen LogP contribution in [0.1, 0.15) is 55.0 Å². The van der Waals surface area contributed by atoms with Gasteiger partial charge in [0.2, 0.25) is 11.8 Å². The van der Waals surface area contributed by atoms with Crippen LogP contribution >= 0.6 is 11.3 Å². The Morgan fingerprint density at radius 1 is 1.14 bits per heavy atom. The van der Waals surface area contributed by atoms with E-state index in [0.717, 1.165) is 50.5 Å². The molecular weight excluding hydrogens is 467 g/mol. The lowest BCUT2D eigenvalue weighted by Crippen LogP contribution is -2.50. The van der Waals surface area contributed by atoms with Gasteiger partial charge in [-0.05, 0) is 61.2 Å². The molecule has 2 aliphatic heterocycles. The maximum atomic E-state index is 14.2. The van der Waals surface area contributed by atoms with Crippen molar-refractivity contribution in [1.29, 1.82) is 0 Å². The molecule has 1 aromatic carbocycles. The molecule has 2 unspecified atom stereocenters. The number of para-hydroxylation sites is 1. The van der Waals surface area contributed by atoms with E-state index in [1.807, 2.05) is 16.3 Å². The summed E-state index contributed by atoms with van der Waals surface area (Å²) in [5, 5.41) is 2.03. The lowest BCUT2D eigenvalue weighted by atomic mass is 10.00. The second-order valence-electron chi connectivity index (χ2n) is 9.73. The van der Waals surface area contributed by atoms with E-state index in [0.29, 0.717) is 19.7 Å². The lowest BCUT2D eigenvalue weighted by Gasteiger charge is -2.37. The Labute approximate surface area is 210 Å². The van der Waals surface area contributed by atoms with Crippen molar-refractivity contribution in [3.63, 3.8) is 0 Å². The highest BCUT2D eigenvalue weighted by Crippen LogP contribution is 2.35. The predicted molar refractivity (Wildman–Crippen MR) is 132 cm³/mol. The number of benzene rings is 1. The van der Waals surface area contributed by atoms with E-state index < -0.39 is 5.82 Å². The fourth-order valence-electron chi connectivity index (χ4n) is 5.56. The van der Waals surface area contributed by atoms with Crippen molar-refractivity contribution in [2.75, 3.05) is 32.8 Å². The zero-order valence-electron chi connectivity index (χ0n) is 20.0. The predicted octanol–water partition coefficient (Wildman–Crippen LogP) is 4.59. The van der Waals surface area contributed by atoms with Gasteiger partial charge in [0.1, 0.15) is 6.61 Å². The van der Waals surface area contributed by atoms with E-state index in [2.05, 4.69) is 0 Å². The average molecular weight is 501 g/mol. The van der Waals surface area contributed by atoms with Crippen LogP contribution in [-0.2, 0) is 20.7 Å². The lowest BCUT2D eigenvalue weighted by molar-refractivity contribution is -0.146. The highest BCUT2D eigenvalue weighted by molar-refractivity contribution is 7.10. The molecular formula is C27H33FN2O4S. The van der Waals surface area contributed by atoms with Gasteiger partial charge in [-0.15, -0.1) is 11.3 Å². The van der Waals surface area contributed by atoms with Gasteiger partial charge in [0.25, 0.3) is 0 Å². The highest BCUT2D eigenvalue weighted by Gasteiger charge is 2.36. The van der Waals surface area contributed by atoms with Crippen LogP contribution in [0.15, 0.2) is 35.7 Å². The van der Waals surface area contributed by atoms with Crippen LogP contribution in [0.5, 0.6) is 5.75 Å². The molecule has 8 heteroatoms. The molecule has 5 rings (SSSR count). The monoisotopic (exact) mass is 500 g/mol. The van der Waals surface area contributed by atoms with E-state index in [1.54, 1.807) is 34.4 Å². The quantitative estimate of drug-likeness (QED) is 0.532. The van der Waals surface area contributed by atoms with E-state index in [-0.39, 0.29) is 48.8 Å².